The van der Waals surface area contributed by atoms with Crippen molar-refractivity contribution < 1.29 is 55.6 Å². The maximum absolute atomic E-state index is 10.6. The van der Waals surface area contributed by atoms with Crippen molar-refractivity contribution in [3.63, 3.8) is 0 Å². The van der Waals surface area contributed by atoms with E-state index in [2.05, 4.69) is 25.2 Å². The van der Waals surface area contributed by atoms with Crippen molar-refractivity contribution >= 4 is 23.6 Å². The summed E-state index contributed by atoms with van der Waals surface area (Å²) < 4.78 is 74.4. The van der Waals surface area contributed by atoms with Crippen LogP contribution in [0.1, 0.15) is 37.5 Å². The largest absolute Gasteiger partial charge is 0.490 e. The zero-order valence-electron chi connectivity index (χ0n) is 20.9. The lowest BCUT2D eigenvalue weighted by Crippen LogP contribution is -2.41. The minimum atomic E-state index is -5.08. The monoisotopic (exact) mass is 584 g/mol. The molecule has 0 bridgehead atoms. The first-order chi connectivity index (χ1) is 18.7. The fraction of sp³-hybridized carbons (Fsp3) is 0.545. The number of methoxy groups -OCH3 is 1. The maximum atomic E-state index is 10.6. The Labute approximate surface area is 223 Å². The average Bonchev–Trinajstić information content (AvgIpc) is 3.41. The number of morpholine rings is 1. The van der Waals surface area contributed by atoms with Crippen molar-refractivity contribution in [1.82, 2.24) is 19.9 Å². The van der Waals surface area contributed by atoms with Crippen LogP contribution in [0.5, 0.6) is 5.88 Å². The molecule has 3 heterocycles. The third kappa shape index (κ3) is 10.3. The van der Waals surface area contributed by atoms with Gasteiger partial charge in [-0.25, -0.2) is 29.5 Å². The van der Waals surface area contributed by atoms with Crippen molar-refractivity contribution in [3.8, 4) is 5.88 Å². The van der Waals surface area contributed by atoms with Crippen LogP contribution in [-0.2, 0) is 14.3 Å². The lowest BCUT2D eigenvalue weighted by Gasteiger charge is -2.35. The van der Waals surface area contributed by atoms with Gasteiger partial charge in [0.1, 0.15) is 24.0 Å². The van der Waals surface area contributed by atoms with Gasteiger partial charge in [0.05, 0.1) is 20.3 Å². The molecule has 1 aliphatic carbocycles. The van der Waals surface area contributed by atoms with E-state index in [0.717, 1.165) is 17.5 Å². The number of rotatable bonds is 5. The summed E-state index contributed by atoms with van der Waals surface area (Å²) in [5.74, 6) is -2.56. The number of aromatic nitrogens is 4. The van der Waals surface area contributed by atoms with Crippen LogP contribution in [0.4, 0.5) is 38.0 Å². The van der Waals surface area contributed by atoms with Gasteiger partial charge in [-0.05, 0) is 18.9 Å². The lowest BCUT2D eigenvalue weighted by molar-refractivity contribution is -0.193. The van der Waals surface area contributed by atoms with Crippen LogP contribution >= 0.6 is 0 Å². The van der Waals surface area contributed by atoms with Crippen LogP contribution in [0.15, 0.2) is 24.7 Å². The molecule has 1 aliphatic heterocycles. The summed E-state index contributed by atoms with van der Waals surface area (Å²) in [5, 5.41) is 17.8. The van der Waals surface area contributed by atoms with Crippen LogP contribution in [0.3, 0.4) is 0 Å². The van der Waals surface area contributed by atoms with E-state index in [4.69, 9.17) is 34.3 Å². The molecule has 18 heteroatoms. The standard InChI is InChI=1S/C18H24N6O2.2C2HF3O2/c1-25-17-10-16(20-12-21-17)24-8-9-26-11-14(24)18-19-7-6-15(23-18)22-13-4-2-3-5-13;2*3-2(4,5)1(6)7/h6-7,10,12-14H,2-5,8-9,11H2,1H3,(H,19,22,23);2*(H,6,7). The van der Waals surface area contributed by atoms with Crippen molar-refractivity contribution in [2.24, 2.45) is 0 Å². The van der Waals surface area contributed by atoms with Gasteiger partial charge < -0.3 is 29.9 Å². The Bertz CT molecular complexity index is 1090. The predicted octanol–water partition coefficient (Wildman–Crippen LogP) is 3.47. The molecule has 0 aromatic carbocycles. The second kappa shape index (κ2) is 14.4. The summed E-state index contributed by atoms with van der Waals surface area (Å²) in [5.41, 5.74) is 0. The minimum Gasteiger partial charge on any atom is -0.481 e. The first kappa shape index (κ1) is 32.3. The van der Waals surface area contributed by atoms with E-state index in [9.17, 15) is 26.3 Å². The van der Waals surface area contributed by atoms with Crippen LogP contribution in [-0.4, -0.2) is 87.4 Å². The number of carbonyl (C=O) groups is 2. The van der Waals surface area contributed by atoms with Crippen LogP contribution < -0.4 is 15.0 Å². The number of anilines is 2. The number of carboxylic acid groups (broad SMARTS) is 2. The van der Waals surface area contributed by atoms with E-state index >= 15 is 0 Å². The van der Waals surface area contributed by atoms with Crippen molar-refractivity contribution in [2.45, 2.75) is 50.1 Å². The van der Waals surface area contributed by atoms with Gasteiger partial charge in [-0.2, -0.15) is 26.3 Å². The Hall–Kier alpha value is -3.96. The molecule has 3 N–H and O–H groups in total. The number of nitrogens with zero attached hydrogens (tertiary/aromatic N) is 5. The number of halogens is 6. The minimum absolute atomic E-state index is 0.0892. The normalized spacial score (nSPS) is 17.6. The molecule has 0 radical (unpaired) electrons. The van der Waals surface area contributed by atoms with Crippen molar-refractivity contribution in [1.29, 1.82) is 0 Å². The maximum Gasteiger partial charge on any atom is 0.490 e. The Morgan fingerprint density at radius 2 is 1.65 bits per heavy atom. The zero-order valence-corrected chi connectivity index (χ0v) is 20.9. The summed E-state index contributed by atoms with van der Waals surface area (Å²) in [4.78, 5) is 37.7. The van der Waals surface area contributed by atoms with Gasteiger partial charge in [0.25, 0.3) is 0 Å². The highest BCUT2D eigenvalue weighted by Crippen LogP contribution is 2.29. The molecule has 12 nitrogen and oxygen atoms in total. The fourth-order valence-corrected chi connectivity index (χ4v) is 3.58. The molecular formula is C22H26F6N6O6. The first-order valence-electron chi connectivity index (χ1n) is 11.6. The summed E-state index contributed by atoms with van der Waals surface area (Å²) in [7, 11) is 1.60. The topological polar surface area (TPSA) is 160 Å². The second-order valence-electron chi connectivity index (χ2n) is 8.23. The molecule has 2 aromatic heterocycles. The van der Waals surface area contributed by atoms with Gasteiger partial charge in [-0.3, -0.25) is 0 Å². The van der Waals surface area contributed by atoms with E-state index in [1.807, 2.05) is 18.3 Å². The van der Waals surface area contributed by atoms with Crippen LogP contribution in [0, 0.1) is 0 Å². The molecule has 1 saturated heterocycles. The summed E-state index contributed by atoms with van der Waals surface area (Å²) in [6, 6.07) is 4.19. The smallest absolute Gasteiger partial charge is 0.481 e. The molecule has 4 rings (SSSR count). The van der Waals surface area contributed by atoms with Gasteiger partial charge in [0.15, 0.2) is 5.82 Å². The molecule has 0 amide bonds. The second-order valence-corrected chi connectivity index (χ2v) is 8.23. The third-order valence-electron chi connectivity index (χ3n) is 5.42. The number of hydrogen-bond donors (Lipinski definition) is 3. The number of alkyl halides is 6. The highest BCUT2D eigenvalue weighted by molar-refractivity contribution is 5.73. The van der Waals surface area contributed by atoms with Crippen LogP contribution in [0.2, 0.25) is 0 Å². The number of hydrogen-bond acceptors (Lipinski definition) is 10. The van der Waals surface area contributed by atoms with E-state index < -0.39 is 24.3 Å². The Morgan fingerprint density at radius 3 is 2.20 bits per heavy atom. The SMILES string of the molecule is COc1cc(N2CCOCC2c2nccc(NC3CCCC3)n2)ncn1.O=C(O)C(F)(F)F.O=C(O)C(F)(F)F. The quantitative estimate of drug-likeness (QED) is 0.440. The molecule has 1 atom stereocenters. The third-order valence-corrected chi connectivity index (χ3v) is 5.42. The Kier molecular flexibility index (Phi) is 11.6. The van der Waals surface area contributed by atoms with Gasteiger partial charge in [0, 0.05) is 24.8 Å². The Morgan fingerprint density at radius 1 is 1.05 bits per heavy atom. The summed E-state index contributed by atoms with van der Waals surface area (Å²) >= 11 is 0. The molecule has 1 saturated carbocycles. The van der Waals surface area contributed by atoms with Crippen molar-refractivity contribution in [2.75, 3.05) is 37.1 Å². The average molecular weight is 584 g/mol. The molecular weight excluding hydrogens is 558 g/mol. The molecule has 2 aliphatic rings. The van der Waals surface area contributed by atoms with E-state index in [-0.39, 0.29) is 6.04 Å². The Balaban J connectivity index is 0.000000333. The van der Waals surface area contributed by atoms with E-state index in [0.29, 0.717) is 31.7 Å². The molecule has 2 aromatic rings. The number of nitrogens with one attached hydrogen (secondary N) is 1. The first-order valence-corrected chi connectivity index (χ1v) is 11.6. The number of ether oxygens (including phenoxy) is 2. The van der Waals surface area contributed by atoms with Gasteiger partial charge in [-0.15, -0.1) is 0 Å². The lowest BCUT2D eigenvalue weighted by atomic mass is 10.2. The highest BCUT2D eigenvalue weighted by Gasteiger charge is 2.39. The van der Waals surface area contributed by atoms with Crippen LogP contribution in [0.25, 0.3) is 0 Å². The molecule has 222 valence electrons. The van der Waals surface area contributed by atoms with Gasteiger partial charge in [0.2, 0.25) is 5.88 Å². The van der Waals surface area contributed by atoms with E-state index in [1.165, 1.54) is 32.0 Å². The summed E-state index contributed by atoms with van der Waals surface area (Å²) in [6.07, 6.45) is -1.85. The summed E-state index contributed by atoms with van der Waals surface area (Å²) in [6.45, 7) is 1.89. The van der Waals surface area contributed by atoms with E-state index in [1.54, 1.807) is 7.11 Å². The fourth-order valence-electron chi connectivity index (χ4n) is 3.58. The van der Waals surface area contributed by atoms with Gasteiger partial charge in [-0.1, -0.05) is 12.8 Å². The predicted molar refractivity (Wildman–Crippen MR) is 125 cm³/mol. The molecule has 40 heavy (non-hydrogen) atoms. The number of aliphatic carboxylic acids is 2. The molecule has 0 spiro atoms. The zero-order chi connectivity index (χ0) is 29.9. The highest BCUT2D eigenvalue weighted by atomic mass is 19.4. The molecule has 2 fully saturated rings. The number of carboxylic acids is 2. The van der Waals surface area contributed by atoms with Crippen molar-refractivity contribution in [3.05, 3.63) is 30.5 Å². The van der Waals surface area contributed by atoms with Gasteiger partial charge >= 0.3 is 24.3 Å². The molecule has 1 unspecified atom stereocenters.